The van der Waals surface area contributed by atoms with Crippen LogP contribution in [0.1, 0.15) is 25.7 Å². The molecule has 23 heavy (non-hydrogen) atoms. The van der Waals surface area contributed by atoms with Gasteiger partial charge in [-0.2, -0.15) is 13.2 Å². The van der Waals surface area contributed by atoms with Crippen molar-refractivity contribution in [3.05, 3.63) is 30.1 Å². The first-order valence-electron chi connectivity index (χ1n) is 6.66. The van der Waals surface area contributed by atoms with Crippen molar-refractivity contribution in [1.29, 1.82) is 0 Å². The molecule has 2 heterocycles. The highest BCUT2D eigenvalue weighted by Gasteiger charge is 2.35. The predicted molar refractivity (Wildman–Crippen MR) is 76.9 cm³/mol. The minimum atomic E-state index is -4.62. The summed E-state index contributed by atoms with van der Waals surface area (Å²) in [5.74, 6) is -1.18. The third-order valence-electron chi connectivity index (χ3n) is 2.96. The Morgan fingerprint density at radius 2 is 1.87 bits per heavy atom. The predicted octanol–water partition coefficient (Wildman–Crippen LogP) is 3.37. The molecule has 0 radical (unpaired) electrons. The van der Waals surface area contributed by atoms with Gasteiger partial charge in [0.25, 0.3) is 0 Å². The Labute approximate surface area is 133 Å². The second-order valence-corrected chi connectivity index (χ2v) is 5.93. The van der Waals surface area contributed by atoms with Gasteiger partial charge in [0, 0.05) is 5.39 Å². The molecule has 120 valence electrons. The second-order valence-electron chi connectivity index (χ2n) is 4.97. The van der Waals surface area contributed by atoms with E-state index in [0.29, 0.717) is 10.5 Å². The number of fused-ring (bicyclic) bond motifs is 1. The van der Waals surface area contributed by atoms with E-state index >= 15 is 0 Å². The number of hydrogen-bond donors (Lipinski definition) is 0. The second kappa shape index (κ2) is 5.76. The van der Waals surface area contributed by atoms with Crippen LogP contribution in [0.15, 0.2) is 34.4 Å². The molecule has 0 bridgehead atoms. The molecule has 0 aliphatic carbocycles. The van der Waals surface area contributed by atoms with E-state index in [0.717, 1.165) is 11.8 Å². The van der Waals surface area contributed by atoms with E-state index in [-0.39, 0.29) is 16.6 Å². The normalized spacial score (nSPS) is 12.3. The smallest absolute Gasteiger partial charge is 0.224 e. The molecular weight excluding hydrogens is 329 g/mol. The van der Waals surface area contributed by atoms with E-state index < -0.39 is 12.0 Å². The molecule has 3 rings (SSSR count). The molecule has 0 atom stereocenters. The number of nitrogens with zero attached hydrogens (tertiary/aromatic N) is 6. The number of para-hydroxylation sites is 1. The summed E-state index contributed by atoms with van der Waals surface area (Å²) in [6.07, 6.45) is -4.62. The Hall–Kier alpha value is -2.23. The molecule has 0 aliphatic heterocycles. The van der Waals surface area contributed by atoms with Crippen molar-refractivity contribution in [3.63, 3.8) is 0 Å². The minimum absolute atomic E-state index is 0.0253. The van der Waals surface area contributed by atoms with E-state index in [4.69, 9.17) is 0 Å². The highest BCUT2D eigenvalue weighted by molar-refractivity contribution is 7.99. The summed E-state index contributed by atoms with van der Waals surface area (Å²) < 4.78 is 40.5. The lowest BCUT2D eigenvalue weighted by Crippen LogP contribution is -2.12. The van der Waals surface area contributed by atoms with Crippen LogP contribution in [0.2, 0.25) is 0 Å². The van der Waals surface area contributed by atoms with Crippen molar-refractivity contribution in [2.45, 2.75) is 36.2 Å². The van der Waals surface area contributed by atoms with Crippen LogP contribution in [0.25, 0.3) is 10.9 Å². The summed E-state index contributed by atoms with van der Waals surface area (Å²) in [6, 6.07) is 6.50. The van der Waals surface area contributed by atoms with Gasteiger partial charge in [0.2, 0.25) is 11.0 Å². The fourth-order valence-electron chi connectivity index (χ4n) is 1.92. The standard InChI is InChI=1S/C13H11F3N6S/c1-7(2)22-12(19-20-21-22)23-10-8-5-3-4-6-9(8)17-11(18-10)13(14,15)16/h3-7H,1-2H3. The average Bonchev–Trinajstić information content (AvgIpc) is 2.94. The van der Waals surface area contributed by atoms with Crippen LogP contribution in [0.4, 0.5) is 13.2 Å². The lowest BCUT2D eigenvalue weighted by atomic mass is 10.2. The molecule has 1 aromatic carbocycles. The van der Waals surface area contributed by atoms with E-state index in [9.17, 15) is 13.2 Å². The first-order chi connectivity index (χ1) is 10.9. The summed E-state index contributed by atoms with van der Waals surface area (Å²) in [5.41, 5.74) is 0.223. The molecule has 3 aromatic rings. The van der Waals surface area contributed by atoms with Gasteiger partial charge in [0.05, 0.1) is 11.6 Å². The molecule has 0 spiro atoms. The Morgan fingerprint density at radius 3 is 2.57 bits per heavy atom. The maximum atomic E-state index is 13.0. The maximum Gasteiger partial charge on any atom is 0.451 e. The van der Waals surface area contributed by atoms with Crippen LogP contribution < -0.4 is 0 Å². The first-order valence-corrected chi connectivity index (χ1v) is 7.47. The lowest BCUT2D eigenvalue weighted by molar-refractivity contribution is -0.145. The fraction of sp³-hybridized carbons (Fsp3) is 0.308. The largest absolute Gasteiger partial charge is 0.451 e. The summed E-state index contributed by atoms with van der Waals surface area (Å²) in [7, 11) is 0. The Bertz CT molecular complexity index is 845. The number of aromatic nitrogens is 6. The Morgan fingerprint density at radius 1 is 1.13 bits per heavy atom. The van der Waals surface area contributed by atoms with Gasteiger partial charge in [-0.05, 0) is 42.1 Å². The molecule has 0 amide bonds. The molecule has 0 aliphatic rings. The molecule has 0 N–H and O–H groups in total. The average molecular weight is 340 g/mol. The summed E-state index contributed by atoms with van der Waals surface area (Å²) in [4.78, 5) is 7.25. The van der Waals surface area contributed by atoms with Gasteiger partial charge >= 0.3 is 6.18 Å². The zero-order chi connectivity index (χ0) is 16.6. The third-order valence-corrected chi connectivity index (χ3v) is 3.92. The lowest BCUT2D eigenvalue weighted by Gasteiger charge is -2.11. The number of alkyl halides is 3. The quantitative estimate of drug-likeness (QED) is 0.681. The molecule has 0 fully saturated rings. The molecule has 10 heteroatoms. The van der Waals surface area contributed by atoms with Crippen molar-refractivity contribution >= 4 is 22.7 Å². The molecule has 0 saturated heterocycles. The first kappa shape index (κ1) is 15.7. The van der Waals surface area contributed by atoms with E-state index in [1.54, 1.807) is 18.2 Å². The van der Waals surface area contributed by atoms with Crippen molar-refractivity contribution in [2.75, 3.05) is 0 Å². The number of hydrogen-bond acceptors (Lipinski definition) is 6. The van der Waals surface area contributed by atoms with Crippen LogP contribution in [0.3, 0.4) is 0 Å². The summed E-state index contributed by atoms with van der Waals surface area (Å²) >= 11 is 0.985. The molecule has 2 aromatic heterocycles. The minimum Gasteiger partial charge on any atom is -0.224 e. The van der Waals surface area contributed by atoms with Gasteiger partial charge in [-0.25, -0.2) is 14.6 Å². The zero-order valence-electron chi connectivity index (χ0n) is 12.1. The van der Waals surface area contributed by atoms with Crippen LogP contribution in [-0.4, -0.2) is 30.2 Å². The van der Waals surface area contributed by atoms with Crippen molar-refractivity contribution in [2.24, 2.45) is 0 Å². The number of halogens is 3. The van der Waals surface area contributed by atoms with Gasteiger partial charge in [-0.3, -0.25) is 0 Å². The Balaban J connectivity index is 2.14. The van der Waals surface area contributed by atoms with Crippen LogP contribution in [0.5, 0.6) is 0 Å². The van der Waals surface area contributed by atoms with Crippen molar-refractivity contribution in [1.82, 2.24) is 30.2 Å². The van der Waals surface area contributed by atoms with Gasteiger partial charge in [-0.15, -0.1) is 5.10 Å². The summed E-state index contributed by atoms with van der Waals surface area (Å²) in [5, 5.41) is 12.3. The zero-order valence-corrected chi connectivity index (χ0v) is 12.9. The van der Waals surface area contributed by atoms with Crippen molar-refractivity contribution < 1.29 is 13.2 Å². The molecule has 6 nitrogen and oxygen atoms in total. The van der Waals surface area contributed by atoms with Crippen LogP contribution in [0, 0.1) is 0 Å². The fourth-order valence-corrected chi connectivity index (χ4v) is 2.92. The van der Waals surface area contributed by atoms with Crippen LogP contribution in [-0.2, 0) is 6.18 Å². The van der Waals surface area contributed by atoms with Gasteiger partial charge in [0.1, 0.15) is 5.03 Å². The van der Waals surface area contributed by atoms with Crippen LogP contribution >= 0.6 is 11.8 Å². The maximum absolute atomic E-state index is 13.0. The number of tetrazole rings is 1. The summed E-state index contributed by atoms with van der Waals surface area (Å²) in [6.45, 7) is 3.75. The monoisotopic (exact) mass is 340 g/mol. The topological polar surface area (TPSA) is 69.4 Å². The third kappa shape index (κ3) is 3.11. The van der Waals surface area contributed by atoms with E-state index in [1.807, 2.05) is 13.8 Å². The van der Waals surface area contributed by atoms with E-state index in [1.165, 1.54) is 10.7 Å². The number of rotatable bonds is 3. The highest BCUT2D eigenvalue weighted by atomic mass is 32.2. The van der Waals surface area contributed by atoms with Gasteiger partial charge in [0.15, 0.2) is 0 Å². The molecule has 0 unspecified atom stereocenters. The van der Waals surface area contributed by atoms with Gasteiger partial charge in [-0.1, -0.05) is 18.2 Å². The van der Waals surface area contributed by atoms with E-state index in [2.05, 4.69) is 25.5 Å². The SMILES string of the molecule is CC(C)n1nnnc1Sc1nc(C(F)(F)F)nc2ccccc12. The van der Waals surface area contributed by atoms with Gasteiger partial charge < -0.3 is 0 Å². The highest BCUT2D eigenvalue weighted by Crippen LogP contribution is 2.34. The number of benzene rings is 1. The molecular formula is C13H11F3N6S. The Kier molecular flexibility index (Phi) is 3.92. The molecule has 0 saturated carbocycles. The van der Waals surface area contributed by atoms with Crippen molar-refractivity contribution in [3.8, 4) is 0 Å².